The van der Waals surface area contributed by atoms with Crippen LogP contribution >= 0.6 is 0 Å². The van der Waals surface area contributed by atoms with Gasteiger partial charge in [0.2, 0.25) is 11.9 Å². The van der Waals surface area contributed by atoms with E-state index >= 15 is 0 Å². The van der Waals surface area contributed by atoms with E-state index in [-0.39, 0.29) is 0 Å². The zero-order valence-corrected chi connectivity index (χ0v) is 19.3. The van der Waals surface area contributed by atoms with Crippen molar-refractivity contribution in [3.8, 4) is 0 Å². The van der Waals surface area contributed by atoms with Gasteiger partial charge < -0.3 is 15.1 Å². The van der Waals surface area contributed by atoms with E-state index in [0.717, 1.165) is 70.3 Å². The number of nitrogens with one attached hydrogen (secondary N) is 1. The molecule has 0 bridgehead atoms. The molecule has 1 aromatic rings. The molecule has 0 spiro atoms. The van der Waals surface area contributed by atoms with Crippen LogP contribution in [0.4, 0.5) is 11.8 Å². The molecule has 2 unspecified atom stereocenters. The van der Waals surface area contributed by atoms with Crippen LogP contribution in [-0.2, 0) is 4.79 Å². The highest BCUT2D eigenvalue weighted by Gasteiger charge is 2.31. The van der Waals surface area contributed by atoms with Crippen LogP contribution in [0.25, 0.3) is 0 Å². The molecule has 31 heavy (non-hydrogen) atoms. The molecule has 1 amide bonds. The van der Waals surface area contributed by atoms with Gasteiger partial charge in [-0.2, -0.15) is 4.98 Å². The van der Waals surface area contributed by atoms with Gasteiger partial charge in [0.1, 0.15) is 5.82 Å². The Kier molecular flexibility index (Phi) is 8.00. The maximum absolute atomic E-state index is 12.4. The van der Waals surface area contributed by atoms with E-state index in [9.17, 15) is 4.79 Å². The van der Waals surface area contributed by atoms with Crippen molar-refractivity contribution in [1.29, 1.82) is 0 Å². The predicted molar refractivity (Wildman–Crippen MR) is 125 cm³/mol. The van der Waals surface area contributed by atoms with Crippen molar-refractivity contribution in [2.45, 2.75) is 83.2 Å². The van der Waals surface area contributed by atoms with Crippen molar-refractivity contribution in [1.82, 2.24) is 19.8 Å². The summed E-state index contributed by atoms with van der Waals surface area (Å²) in [5.74, 6) is 2.15. The van der Waals surface area contributed by atoms with Crippen molar-refractivity contribution in [2.75, 3.05) is 49.5 Å². The number of amides is 1. The molecule has 1 N–H and O–H groups in total. The van der Waals surface area contributed by atoms with Gasteiger partial charge in [-0.15, -0.1) is 0 Å². The standard InChI is InChI=1S/C24H40N6O/c1-2-9-23(31)30-17-8-11-21(19-30)29-16-7-10-20(18-29)26-24-25-13-12-22(27-24)28-14-5-3-4-6-15-28/h12-13,20-21H,2-11,14-19H2,1H3,(H,25,26,27). The van der Waals surface area contributed by atoms with Gasteiger partial charge in [-0.1, -0.05) is 19.8 Å². The Labute approximate surface area is 187 Å². The lowest BCUT2D eigenvalue weighted by Crippen LogP contribution is -2.54. The molecule has 7 heteroatoms. The first-order valence-electron chi connectivity index (χ1n) is 12.6. The lowest BCUT2D eigenvalue weighted by atomic mass is 9.98. The van der Waals surface area contributed by atoms with E-state index in [2.05, 4.69) is 31.9 Å². The minimum absolute atomic E-state index is 0.331. The lowest BCUT2D eigenvalue weighted by molar-refractivity contribution is -0.133. The van der Waals surface area contributed by atoms with E-state index in [1.807, 2.05) is 12.3 Å². The molecule has 0 saturated carbocycles. The molecule has 2 atom stereocenters. The number of nitrogens with zero attached hydrogens (tertiary/aromatic N) is 5. The minimum Gasteiger partial charge on any atom is -0.356 e. The normalized spacial score (nSPS) is 25.8. The Bertz CT molecular complexity index is 705. The highest BCUT2D eigenvalue weighted by atomic mass is 16.2. The zero-order valence-electron chi connectivity index (χ0n) is 19.3. The third kappa shape index (κ3) is 6.09. The van der Waals surface area contributed by atoms with Crippen LogP contribution in [0.3, 0.4) is 0 Å². The molecule has 4 heterocycles. The number of carbonyl (C=O) groups is 1. The van der Waals surface area contributed by atoms with Crippen LogP contribution in [0.1, 0.15) is 71.1 Å². The average Bonchev–Trinajstić information content (AvgIpc) is 3.09. The molecule has 0 aliphatic carbocycles. The van der Waals surface area contributed by atoms with E-state index in [1.165, 1.54) is 38.5 Å². The molecule has 4 rings (SSSR count). The first-order valence-corrected chi connectivity index (χ1v) is 12.6. The summed E-state index contributed by atoms with van der Waals surface area (Å²) < 4.78 is 0. The maximum atomic E-state index is 12.4. The lowest BCUT2D eigenvalue weighted by Gasteiger charge is -2.43. The summed E-state index contributed by atoms with van der Waals surface area (Å²) in [6.45, 7) is 8.26. The summed E-state index contributed by atoms with van der Waals surface area (Å²) in [5.41, 5.74) is 0. The van der Waals surface area contributed by atoms with Gasteiger partial charge in [0.05, 0.1) is 0 Å². The molecule has 3 fully saturated rings. The highest BCUT2D eigenvalue weighted by molar-refractivity contribution is 5.76. The smallest absolute Gasteiger partial charge is 0.224 e. The molecule has 3 aliphatic rings. The topological polar surface area (TPSA) is 64.6 Å². The molecule has 0 radical (unpaired) electrons. The fourth-order valence-corrected chi connectivity index (χ4v) is 5.38. The molecule has 1 aromatic heterocycles. The number of aromatic nitrogens is 2. The quantitative estimate of drug-likeness (QED) is 0.748. The van der Waals surface area contributed by atoms with Crippen molar-refractivity contribution in [3.63, 3.8) is 0 Å². The Morgan fingerprint density at radius 1 is 1.03 bits per heavy atom. The number of hydrogen-bond acceptors (Lipinski definition) is 6. The molecule has 172 valence electrons. The first-order chi connectivity index (χ1) is 15.2. The van der Waals surface area contributed by atoms with E-state index in [4.69, 9.17) is 4.98 Å². The number of carbonyl (C=O) groups excluding carboxylic acids is 1. The van der Waals surface area contributed by atoms with Gasteiger partial charge in [0.15, 0.2) is 0 Å². The number of likely N-dealkylation sites (tertiary alicyclic amines) is 2. The van der Waals surface area contributed by atoms with Gasteiger partial charge in [0, 0.05) is 57.4 Å². The van der Waals surface area contributed by atoms with E-state index in [1.54, 1.807) is 0 Å². The minimum atomic E-state index is 0.331. The van der Waals surface area contributed by atoms with Crippen molar-refractivity contribution in [2.24, 2.45) is 0 Å². The average molecular weight is 429 g/mol. The van der Waals surface area contributed by atoms with Crippen LogP contribution in [0, 0.1) is 0 Å². The summed E-state index contributed by atoms with van der Waals surface area (Å²) in [6.07, 6.45) is 13.3. The van der Waals surface area contributed by atoms with Crippen LogP contribution in [0.2, 0.25) is 0 Å². The second-order valence-electron chi connectivity index (χ2n) is 9.50. The Balaban J connectivity index is 1.34. The molecular weight excluding hydrogens is 388 g/mol. The Morgan fingerprint density at radius 3 is 2.65 bits per heavy atom. The summed E-state index contributed by atoms with van der Waals surface area (Å²) in [5, 5.41) is 3.63. The van der Waals surface area contributed by atoms with Crippen LogP contribution in [0.15, 0.2) is 12.3 Å². The Morgan fingerprint density at radius 2 is 1.84 bits per heavy atom. The predicted octanol–water partition coefficient (Wildman–Crippen LogP) is 3.52. The maximum Gasteiger partial charge on any atom is 0.224 e. The molecule has 3 saturated heterocycles. The fourth-order valence-electron chi connectivity index (χ4n) is 5.38. The van der Waals surface area contributed by atoms with Crippen molar-refractivity contribution < 1.29 is 4.79 Å². The second-order valence-corrected chi connectivity index (χ2v) is 9.50. The number of anilines is 2. The van der Waals surface area contributed by atoms with Gasteiger partial charge >= 0.3 is 0 Å². The first kappa shape index (κ1) is 22.3. The summed E-state index contributed by atoms with van der Waals surface area (Å²) >= 11 is 0. The number of piperidine rings is 2. The Hall–Kier alpha value is -1.89. The highest BCUT2D eigenvalue weighted by Crippen LogP contribution is 2.23. The van der Waals surface area contributed by atoms with Crippen LogP contribution in [-0.4, -0.2) is 77.0 Å². The number of rotatable bonds is 6. The summed E-state index contributed by atoms with van der Waals surface area (Å²) in [4.78, 5) is 28.9. The molecular formula is C24H40N6O. The third-order valence-electron chi connectivity index (χ3n) is 7.09. The van der Waals surface area contributed by atoms with Gasteiger partial charge in [0.25, 0.3) is 0 Å². The fraction of sp³-hybridized carbons (Fsp3) is 0.792. The summed E-state index contributed by atoms with van der Waals surface area (Å²) in [7, 11) is 0. The summed E-state index contributed by atoms with van der Waals surface area (Å²) in [6, 6.07) is 2.91. The van der Waals surface area contributed by atoms with Gasteiger partial charge in [-0.3, -0.25) is 9.69 Å². The van der Waals surface area contributed by atoms with E-state index in [0.29, 0.717) is 24.4 Å². The zero-order chi connectivity index (χ0) is 21.5. The second kappa shape index (κ2) is 11.1. The number of hydrogen-bond donors (Lipinski definition) is 1. The van der Waals surface area contributed by atoms with Gasteiger partial charge in [-0.05, 0) is 57.6 Å². The van der Waals surface area contributed by atoms with Crippen molar-refractivity contribution in [3.05, 3.63) is 12.3 Å². The van der Waals surface area contributed by atoms with Gasteiger partial charge in [-0.25, -0.2) is 4.98 Å². The largest absolute Gasteiger partial charge is 0.356 e. The molecule has 0 aromatic carbocycles. The van der Waals surface area contributed by atoms with Crippen LogP contribution in [0.5, 0.6) is 0 Å². The molecule has 3 aliphatic heterocycles. The SMILES string of the molecule is CCCC(=O)N1CCCC(N2CCCC(Nc3nccc(N4CCCCCC4)n3)C2)C1. The third-order valence-corrected chi connectivity index (χ3v) is 7.09. The van der Waals surface area contributed by atoms with E-state index < -0.39 is 0 Å². The monoisotopic (exact) mass is 428 g/mol. The van der Waals surface area contributed by atoms with Crippen LogP contribution < -0.4 is 10.2 Å². The molecule has 7 nitrogen and oxygen atoms in total. The van der Waals surface area contributed by atoms with Crippen molar-refractivity contribution >= 4 is 17.7 Å².